The molecule has 0 aromatic carbocycles. The minimum absolute atomic E-state index is 0.0588. The maximum absolute atomic E-state index is 10.3. The molecule has 1 saturated heterocycles. The Morgan fingerprint density at radius 3 is 3.07 bits per heavy atom. The van der Waals surface area contributed by atoms with Crippen LogP contribution in [0.15, 0.2) is 15.9 Å². The number of halogens is 1. The van der Waals surface area contributed by atoms with Gasteiger partial charge in [0.25, 0.3) is 0 Å². The average Bonchev–Trinajstić information content (AvgIpc) is 2.64. The average molecular weight is 277 g/mol. The molecule has 0 amide bonds. The summed E-state index contributed by atoms with van der Waals surface area (Å²) >= 11 is 5.15. The fourth-order valence-corrected chi connectivity index (χ4v) is 3.34. The summed E-state index contributed by atoms with van der Waals surface area (Å²) in [5.41, 5.74) is -0.673. The van der Waals surface area contributed by atoms with E-state index in [2.05, 4.69) is 15.9 Å². The Hall–Kier alpha value is 0.100. The van der Waals surface area contributed by atoms with Gasteiger partial charge in [0.2, 0.25) is 0 Å². The van der Waals surface area contributed by atoms with E-state index in [1.807, 2.05) is 18.4 Å². The van der Waals surface area contributed by atoms with Gasteiger partial charge in [0.05, 0.1) is 11.7 Å². The molecule has 0 aliphatic carbocycles. The van der Waals surface area contributed by atoms with Crippen LogP contribution in [-0.2, 0) is 11.2 Å². The van der Waals surface area contributed by atoms with Gasteiger partial charge in [-0.25, -0.2) is 0 Å². The van der Waals surface area contributed by atoms with Crippen molar-refractivity contribution in [3.63, 3.8) is 0 Å². The van der Waals surface area contributed by atoms with Gasteiger partial charge < -0.3 is 9.84 Å². The SMILES string of the molecule is CC1OCCC1(O)Cc1sccc1Br. The first-order chi connectivity index (χ1) is 6.62. The topological polar surface area (TPSA) is 29.5 Å². The van der Waals surface area contributed by atoms with E-state index in [4.69, 9.17) is 4.74 Å². The number of ether oxygens (including phenoxy) is 1. The predicted molar refractivity (Wildman–Crippen MR) is 60.7 cm³/mol. The summed E-state index contributed by atoms with van der Waals surface area (Å²) in [6.45, 7) is 2.61. The van der Waals surface area contributed by atoms with Crippen LogP contribution in [0.25, 0.3) is 0 Å². The van der Waals surface area contributed by atoms with Gasteiger partial charge in [-0.2, -0.15) is 0 Å². The molecule has 0 radical (unpaired) electrons. The van der Waals surface area contributed by atoms with Crippen LogP contribution in [0.2, 0.25) is 0 Å². The van der Waals surface area contributed by atoms with Crippen molar-refractivity contribution in [2.24, 2.45) is 0 Å². The molecule has 0 saturated carbocycles. The lowest BCUT2D eigenvalue weighted by Crippen LogP contribution is -2.38. The summed E-state index contributed by atoms with van der Waals surface area (Å²) < 4.78 is 6.49. The van der Waals surface area contributed by atoms with Gasteiger partial charge in [-0.05, 0) is 34.3 Å². The zero-order chi connectivity index (χ0) is 10.2. The third kappa shape index (κ3) is 1.89. The van der Waals surface area contributed by atoms with Crippen molar-refractivity contribution in [1.82, 2.24) is 0 Å². The molecular formula is C10H13BrO2S. The molecule has 2 atom stereocenters. The van der Waals surface area contributed by atoms with Crippen molar-refractivity contribution in [3.05, 3.63) is 20.8 Å². The van der Waals surface area contributed by atoms with Crippen LogP contribution in [0, 0.1) is 0 Å². The summed E-state index contributed by atoms with van der Waals surface area (Å²) in [4.78, 5) is 1.20. The molecule has 1 fully saturated rings. The van der Waals surface area contributed by atoms with E-state index in [0.717, 1.165) is 10.9 Å². The first kappa shape index (κ1) is 10.6. The highest BCUT2D eigenvalue weighted by Gasteiger charge is 2.40. The second-order valence-corrected chi connectivity index (χ2v) is 5.59. The van der Waals surface area contributed by atoms with Gasteiger partial charge in [0.1, 0.15) is 0 Å². The van der Waals surface area contributed by atoms with Crippen LogP contribution in [0.3, 0.4) is 0 Å². The van der Waals surface area contributed by atoms with Crippen LogP contribution in [0.5, 0.6) is 0 Å². The molecule has 0 bridgehead atoms. The minimum Gasteiger partial charge on any atom is -0.387 e. The van der Waals surface area contributed by atoms with E-state index in [-0.39, 0.29) is 6.10 Å². The number of rotatable bonds is 2. The fourth-order valence-electron chi connectivity index (χ4n) is 1.73. The second kappa shape index (κ2) is 3.93. The molecule has 78 valence electrons. The highest BCUT2D eigenvalue weighted by molar-refractivity contribution is 9.10. The van der Waals surface area contributed by atoms with E-state index in [1.54, 1.807) is 11.3 Å². The summed E-state index contributed by atoms with van der Waals surface area (Å²) in [5, 5.41) is 12.3. The van der Waals surface area contributed by atoms with E-state index >= 15 is 0 Å². The number of hydrogen-bond acceptors (Lipinski definition) is 3. The van der Waals surface area contributed by atoms with Crippen molar-refractivity contribution in [2.45, 2.75) is 31.5 Å². The Morgan fingerprint density at radius 2 is 2.57 bits per heavy atom. The standard InChI is InChI=1S/C10H13BrO2S/c1-7-10(12,3-4-13-7)6-9-8(11)2-5-14-9/h2,5,7,12H,3-4,6H2,1H3. The largest absolute Gasteiger partial charge is 0.387 e. The van der Waals surface area contributed by atoms with Crippen molar-refractivity contribution in [1.29, 1.82) is 0 Å². The first-order valence-electron chi connectivity index (χ1n) is 4.68. The molecule has 2 heterocycles. The third-order valence-corrected chi connectivity index (χ3v) is 4.74. The Labute approximate surface area is 96.0 Å². The van der Waals surface area contributed by atoms with Gasteiger partial charge in [-0.3, -0.25) is 0 Å². The molecule has 2 unspecified atom stereocenters. The maximum Gasteiger partial charge on any atom is 0.0975 e. The molecule has 2 nitrogen and oxygen atoms in total. The van der Waals surface area contributed by atoms with Crippen molar-refractivity contribution in [2.75, 3.05) is 6.61 Å². The first-order valence-corrected chi connectivity index (χ1v) is 6.35. The van der Waals surface area contributed by atoms with Crippen LogP contribution in [-0.4, -0.2) is 23.4 Å². The maximum atomic E-state index is 10.3. The summed E-state index contributed by atoms with van der Waals surface area (Å²) in [6.07, 6.45) is 1.36. The summed E-state index contributed by atoms with van der Waals surface area (Å²) in [5.74, 6) is 0. The van der Waals surface area contributed by atoms with Crippen LogP contribution in [0.1, 0.15) is 18.2 Å². The molecule has 1 aromatic rings. The Balaban J connectivity index is 2.14. The highest BCUT2D eigenvalue weighted by Crippen LogP contribution is 2.33. The summed E-state index contributed by atoms with van der Waals surface area (Å²) in [6, 6.07) is 2.02. The van der Waals surface area contributed by atoms with Gasteiger partial charge in [0.15, 0.2) is 0 Å². The van der Waals surface area contributed by atoms with Gasteiger partial charge in [0, 0.05) is 28.8 Å². The van der Waals surface area contributed by atoms with Crippen molar-refractivity contribution in [3.8, 4) is 0 Å². The Morgan fingerprint density at radius 1 is 1.79 bits per heavy atom. The number of thiophene rings is 1. The fraction of sp³-hybridized carbons (Fsp3) is 0.600. The zero-order valence-electron chi connectivity index (χ0n) is 8.00. The van der Waals surface area contributed by atoms with E-state index in [9.17, 15) is 5.11 Å². The van der Waals surface area contributed by atoms with Crippen LogP contribution < -0.4 is 0 Å². The van der Waals surface area contributed by atoms with Crippen LogP contribution >= 0.6 is 27.3 Å². The molecule has 1 aromatic heterocycles. The third-order valence-electron chi connectivity index (χ3n) is 2.82. The zero-order valence-corrected chi connectivity index (χ0v) is 10.4. The van der Waals surface area contributed by atoms with E-state index in [0.29, 0.717) is 13.0 Å². The van der Waals surface area contributed by atoms with Crippen molar-refractivity contribution < 1.29 is 9.84 Å². The van der Waals surface area contributed by atoms with Gasteiger partial charge in [-0.15, -0.1) is 11.3 Å². The lowest BCUT2D eigenvalue weighted by Gasteiger charge is -2.25. The minimum atomic E-state index is -0.673. The Kier molecular flexibility index (Phi) is 2.98. The molecular weight excluding hydrogens is 264 g/mol. The van der Waals surface area contributed by atoms with Gasteiger partial charge in [-0.1, -0.05) is 0 Å². The van der Waals surface area contributed by atoms with E-state index in [1.165, 1.54) is 4.88 Å². The predicted octanol–water partition coefficient (Wildman–Crippen LogP) is 2.59. The Bertz CT molecular complexity index is 326. The molecule has 1 N–H and O–H groups in total. The molecule has 2 rings (SSSR count). The number of aliphatic hydroxyl groups is 1. The highest BCUT2D eigenvalue weighted by atomic mass is 79.9. The number of hydrogen-bond donors (Lipinski definition) is 1. The monoisotopic (exact) mass is 276 g/mol. The molecule has 0 spiro atoms. The van der Waals surface area contributed by atoms with E-state index < -0.39 is 5.60 Å². The lowest BCUT2D eigenvalue weighted by atomic mass is 9.92. The second-order valence-electron chi connectivity index (χ2n) is 3.74. The molecule has 14 heavy (non-hydrogen) atoms. The lowest BCUT2D eigenvalue weighted by molar-refractivity contribution is -0.0264. The summed E-state index contributed by atoms with van der Waals surface area (Å²) in [7, 11) is 0. The van der Waals surface area contributed by atoms with Crippen molar-refractivity contribution >= 4 is 27.3 Å². The molecule has 1 aliphatic heterocycles. The normalized spacial score (nSPS) is 32.4. The molecule has 1 aliphatic rings. The quantitative estimate of drug-likeness (QED) is 0.900. The smallest absolute Gasteiger partial charge is 0.0975 e. The van der Waals surface area contributed by atoms with Gasteiger partial charge >= 0.3 is 0 Å². The van der Waals surface area contributed by atoms with Crippen LogP contribution in [0.4, 0.5) is 0 Å². The molecule has 4 heteroatoms.